The van der Waals surface area contributed by atoms with Gasteiger partial charge in [-0.3, -0.25) is 52.7 Å². The van der Waals surface area contributed by atoms with Gasteiger partial charge in [-0.25, -0.2) is 0 Å². The minimum Gasteiger partial charge on any atom is -0.480 e. The molecule has 408 valence electrons. The Hall–Kier alpha value is -6.71. The van der Waals surface area contributed by atoms with Gasteiger partial charge in [-0.15, -0.1) is 0 Å². The van der Waals surface area contributed by atoms with Gasteiger partial charge in [0.15, 0.2) is 0 Å². The van der Waals surface area contributed by atoms with Gasteiger partial charge in [0.2, 0.25) is 59.1 Å². The van der Waals surface area contributed by atoms with Crippen LogP contribution < -0.4 is 48.7 Å². The van der Waals surface area contributed by atoms with Crippen LogP contribution in [0.3, 0.4) is 0 Å². The molecule has 0 aromatic rings. The minimum atomic E-state index is -1.63. The summed E-state index contributed by atoms with van der Waals surface area (Å²) in [5.41, 5.74) is 10.7. The molecule has 0 saturated carbocycles. The molecule has 1 saturated heterocycles. The maximum absolute atomic E-state index is 13.8. The Morgan fingerprint density at radius 3 is 1.58 bits per heavy atom. The first kappa shape index (κ1) is 64.3. The van der Waals surface area contributed by atoms with Crippen molar-refractivity contribution >= 4 is 65.0 Å². The highest BCUT2D eigenvalue weighted by Gasteiger charge is 2.40. The van der Waals surface area contributed by atoms with E-state index in [1.165, 1.54) is 111 Å². The summed E-state index contributed by atoms with van der Waals surface area (Å²) in [6.07, 6.45) is 20.8. The number of hydrogen-bond donors (Lipinski definition) is 10. The summed E-state index contributed by atoms with van der Waals surface area (Å²) < 4.78 is 0. The van der Waals surface area contributed by atoms with Gasteiger partial charge in [-0.2, -0.15) is 0 Å². The molecule has 1 rings (SSSR count). The van der Waals surface area contributed by atoms with Gasteiger partial charge in [0.05, 0.1) is 19.4 Å². The predicted molar refractivity (Wildman–Crippen MR) is 272 cm³/mol. The third-order valence-electron chi connectivity index (χ3n) is 11.9. The predicted octanol–water partition coefficient (Wildman–Crippen LogP) is 0.967. The maximum Gasteiger partial charge on any atom is 0.322 e. The summed E-state index contributed by atoms with van der Waals surface area (Å²) in [6.45, 7) is 4.89. The van der Waals surface area contributed by atoms with Crippen LogP contribution >= 0.6 is 0 Å². The highest BCUT2D eigenvalue weighted by Crippen LogP contribution is 2.20. The second-order valence-corrected chi connectivity index (χ2v) is 18.4. The molecule has 1 heterocycles. The smallest absolute Gasteiger partial charge is 0.322 e. The number of primary amides is 2. The fourth-order valence-corrected chi connectivity index (χ4v) is 7.76. The Morgan fingerprint density at radius 2 is 1.03 bits per heavy atom. The van der Waals surface area contributed by atoms with Gasteiger partial charge < -0.3 is 58.7 Å². The summed E-state index contributed by atoms with van der Waals surface area (Å²) in [4.78, 5) is 139. The topological polar surface area (TPSA) is 347 Å². The first-order chi connectivity index (χ1) is 34.8. The van der Waals surface area contributed by atoms with E-state index in [-0.39, 0.29) is 32.2 Å². The van der Waals surface area contributed by atoms with E-state index in [0.717, 1.165) is 24.2 Å². The van der Waals surface area contributed by atoms with Crippen molar-refractivity contribution in [2.75, 3.05) is 19.6 Å². The second kappa shape index (κ2) is 38.0. The number of likely N-dealkylation sites (tertiary alicyclic amines) is 1. The molecule has 0 bridgehead atoms. The van der Waals surface area contributed by atoms with Gasteiger partial charge in [-0.1, -0.05) is 115 Å². The van der Waals surface area contributed by atoms with Gasteiger partial charge in [0.1, 0.15) is 42.8 Å². The van der Waals surface area contributed by atoms with E-state index in [1.54, 1.807) is 0 Å². The molecule has 22 heteroatoms. The summed E-state index contributed by atoms with van der Waals surface area (Å²) in [5, 5.41) is 25.0. The van der Waals surface area contributed by atoms with Gasteiger partial charge in [0, 0.05) is 25.8 Å². The van der Waals surface area contributed by atoms with E-state index in [1.807, 2.05) is 0 Å². The summed E-state index contributed by atoms with van der Waals surface area (Å²) in [5.74, 6) is 1.57. The van der Waals surface area contributed by atoms with E-state index in [0.29, 0.717) is 0 Å². The van der Waals surface area contributed by atoms with Crippen LogP contribution in [0.4, 0.5) is 0 Å². The molecule has 12 N–H and O–H groups in total. The molecule has 6 atom stereocenters. The van der Waals surface area contributed by atoms with Crippen LogP contribution in [0.25, 0.3) is 0 Å². The lowest BCUT2D eigenvalue weighted by molar-refractivity contribution is -0.143. The van der Waals surface area contributed by atoms with Crippen LogP contribution in [0.1, 0.15) is 175 Å². The van der Waals surface area contributed by atoms with Gasteiger partial charge in [0.25, 0.3) is 0 Å². The number of nitrogens with zero attached hydrogens (tertiary/aromatic N) is 1. The lowest BCUT2D eigenvalue weighted by Gasteiger charge is -2.30. The Morgan fingerprint density at radius 1 is 0.548 bits per heavy atom. The molecule has 10 amide bonds. The van der Waals surface area contributed by atoms with Crippen molar-refractivity contribution in [1.82, 2.24) is 42.1 Å². The SMILES string of the molecule is CCCCCCCCCCCCCCCCCCC#CC#CCCC(=O)NCC(=O)N[C@@H](C)C(=O)N[C@@H](CC(N)=O)C(=O)N1CCC[C@H]1C(=O)N[C@@H](CC(N)=O)C(=O)N[C@@H](C)C(=O)N[C@@H](C)C(=O)NCC(=O)O. The fraction of sp³-hybridized carbons (Fsp3) is 0.706. The molecule has 0 aromatic heterocycles. The van der Waals surface area contributed by atoms with E-state index >= 15 is 0 Å². The maximum atomic E-state index is 13.8. The zero-order chi connectivity index (χ0) is 54.6. The third-order valence-corrected chi connectivity index (χ3v) is 11.9. The average molecular weight is 1030 g/mol. The van der Waals surface area contributed by atoms with Crippen LogP contribution in [0.15, 0.2) is 0 Å². The second-order valence-electron chi connectivity index (χ2n) is 18.4. The van der Waals surface area contributed by atoms with Crippen LogP contribution in [0.2, 0.25) is 0 Å². The van der Waals surface area contributed by atoms with E-state index in [4.69, 9.17) is 16.6 Å². The number of hydrogen-bond acceptors (Lipinski definition) is 11. The normalized spacial score (nSPS) is 14.7. The molecule has 0 aliphatic carbocycles. The molecule has 1 aliphatic heterocycles. The molecule has 0 aromatic carbocycles. The van der Waals surface area contributed by atoms with E-state index in [9.17, 15) is 52.7 Å². The summed E-state index contributed by atoms with van der Waals surface area (Å²) in [6, 6.07) is -8.26. The summed E-state index contributed by atoms with van der Waals surface area (Å²) >= 11 is 0. The number of amides is 10. The highest BCUT2D eigenvalue weighted by atomic mass is 16.4. The van der Waals surface area contributed by atoms with Gasteiger partial charge >= 0.3 is 5.97 Å². The van der Waals surface area contributed by atoms with Crippen molar-refractivity contribution in [2.24, 2.45) is 11.5 Å². The number of carboxylic acids is 1. The number of nitrogens with two attached hydrogens (primary N) is 2. The first-order valence-corrected chi connectivity index (χ1v) is 25.9. The fourth-order valence-electron chi connectivity index (χ4n) is 7.76. The zero-order valence-corrected chi connectivity index (χ0v) is 43.4. The van der Waals surface area contributed by atoms with Crippen molar-refractivity contribution in [1.29, 1.82) is 0 Å². The third kappa shape index (κ3) is 30.1. The Balaban J connectivity index is 2.55. The van der Waals surface area contributed by atoms with Crippen LogP contribution in [-0.4, -0.2) is 131 Å². The average Bonchev–Trinajstić information content (AvgIpc) is 3.83. The number of carboxylic acid groups (broad SMARTS) is 1. The Labute approximate surface area is 430 Å². The van der Waals surface area contributed by atoms with Crippen molar-refractivity contribution in [3.8, 4) is 23.7 Å². The molecule has 22 nitrogen and oxygen atoms in total. The van der Waals surface area contributed by atoms with Crippen LogP contribution in [0.5, 0.6) is 0 Å². The Bertz CT molecular complexity index is 1980. The molecule has 1 aliphatic rings. The van der Waals surface area contributed by atoms with E-state index in [2.05, 4.69) is 67.8 Å². The first-order valence-electron chi connectivity index (χ1n) is 25.9. The molecule has 1 fully saturated rings. The molecule has 73 heavy (non-hydrogen) atoms. The van der Waals surface area contributed by atoms with Crippen LogP contribution in [0, 0.1) is 23.7 Å². The lowest BCUT2D eigenvalue weighted by Crippen LogP contribution is -2.59. The lowest BCUT2D eigenvalue weighted by atomic mass is 10.0. The molecule has 0 unspecified atom stereocenters. The molecule has 0 radical (unpaired) electrons. The van der Waals surface area contributed by atoms with E-state index < -0.39 is 127 Å². The van der Waals surface area contributed by atoms with Crippen molar-refractivity contribution < 1.29 is 57.8 Å². The van der Waals surface area contributed by atoms with Crippen molar-refractivity contribution in [3.05, 3.63) is 0 Å². The van der Waals surface area contributed by atoms with Gasteiger partial charge in [-0.05, 0) is 51.9 Å². The minimum absolute atomic E-state index is 0.0160. The largest absolute Gasteiger partial charge is 0.480 e. The number of nitrogens with one attached hydrogen (secondary N) is 7. The highest BCUT2D eigenvalue weighted by molar-refractivity contribution is 5.99. The van der Waals surface area contributed by atoms with Crippen molar-refractivity contribution in [2.45, 2.75) is 212 Å². The Kier molecular flexibility index (Phi) is 33.5. The number of aliphatic carboxylic acids is 1. The number of carbonyl (C=O) groups is 11. The molecular weight excluding hydrogens is 945 g/mol. The van der Waals surface area contributed by atoms with Crippen molar-refractivity contribution in [3.63, 3.8) is 0 Å². The molecular formula is C51H82N10O12. The number of carbonyl (C=O) groups excluding carboxylic acids is 10. The monoisotopic (exact) mass is 1030 g/mol. The molecule has 0 spiro atoms. The number of unbranched alkanes of at least 4 members (excludes halogenated alkanes) is 16. The van der Waals surface area contributed by atoms with Crippen LogP contribution in [-0.2, 0) is 52.7 Å². The zero-order valence-electron chi connectivity index (χ0n) is 43.4. The quantitative estimate of drug-likeness (QED) is 0.0308. The number of rotatable bonds is 37. The standard InChI is InChI=1S/C51H82N10O12/c1-5-6-7-8-9-10-11-12-13-14-15-16-17-18-19-20-21-22-23-24-25-26-29-43(64)54-33-44(65)56-36(3)48(70)60-39(32-42(53)63)51(73)61-30-27-28-40(61)50(72)59-38(31-41(52)62)49(71)58-37(4)47(69)57-35(2)46(68)55-34-45(66)67/h35-40H,5-21,26-34H2,1-4H3,(H2,52,62)(H2,53,63)(H,54,64)(H,55,68)(H,56,65)(H,57,69)(H,58,71)(H,59,72)(H,60,70)(H,66,67)/t35-,36-,37-,38-,39-,40-/m0/s1. The summed E-state index contributed by atoms with van der Waals surface area (Å²) in [7, 11) is 0.